The van der Waals surface area contributed by atoms with Crippen LogP contribution >= 0.6 is 23.2 Å². The van der Waals surface area contributed by atoms with E-state index in [4.69, 9.17) is 32.0 Å². The molecule has 1 aliphatic rings. The number of carbonyl (C=O) groups is 1. The fraction of sp³-hybridized carbons (Fsp3) is 0.286. The number of nitrogens with one attached hydrogen (secondary N) is 1. The third-order valence-corrected chi connectivity index (χ3v) is 5.62. The smallest absolute Gasteiger partial charge is 0.266 e. The van der Waals surface area contributed by atoms with E-state index < -0.39 is 0 Å². The topological polar surface area (TPSA) is 98.5 Å². The van der Waals surface area contributed by atoms with Crippen molar-refractivity contribution >= 4 is 40.7 Å². The number of furan rings is 1. The standard InChI is InChI=1S/C21H19Cl2N5O3/c22-14-3-1-4-15(23)19(14)26-18(29)6-7-27-8-10-28(11-9-27)21-16(13-24)25-20(31-21)17-5-2-12-30-17/h1-5,12H,6-11H2,(H,26,29). The van der Waals surface area contributed by atoms with Gasteiger partial charge in [0.15, 0.2) is 5.76 Å². The monoisotopic (exact) mass is 459 g/mol. The molecule has 3 aromatic rings. The molecule has 0 spiro atoms. The molecule has 8 nitrogen and oxygen atoms in total. The molecule has 1 amide bonds. The highest BCUT2D eigenvalue weighted by atomic mass is 35.5. The number of carbonyl (C=O) groups excluding carboxylic acids is 1. The molecule has 1 saturated heterocycles. The molecule has 1 aliphatic heterocycles. The quantitative estimate of drug-likeness (QED) is 0.587. The van der Waals surface area contributed by atoms with Gasteiger partial charge in [-0.05, 0) is 24.3 Å². The minimum Gasteiger partial charge on any atom is -0.459 e. The number of anilines is 2. The highest BCUT2D eigenvalue weighted by molar-refractivity contribution is 6.39. The van der Waals surface area contributed by atoms with Gasteiger partial charge in [-0.15, -0.1) is 0 Å². The van der Waals surface area contributed by atoms with Crippen LogP contribution in [0, 0.1) is 11.3 Å². The van der Waals surface area contributed by atoms with Gasteiger partial charge in [-0.1, -0.05) is 29.3 Å². The van der Waals surface area contributed by atoms with Crippen molar-refractivity contribution in [3.8, 4) is 17.7 Å². The molecule has 0 unspecified atom stereocenters. The van der Waals surface area contributed by atoms with Crippen molar-refractivity contribution < 1.29 is 13.6 Å². The Hall–Kier alpha value is -2.99. The summed E-state index contributed by atoms with van der Waals surface area (Å²) in [7, 11) is 0. The predicted molar refractivity (Wildman–Crippen MR) is 117 cm³/mol. The molecule has 4 rings (SSSR count). The Labute approximate surface area is 188 Å². The molecule has 0 atom stereocenters. The lowest BCUT2D eigenvalue weighted by atomic mass is 10.2. The van der Waals surface area contributed by atoms with Crippen LogP contribution in [0.4, 0.5) is 11.6 Å². The summed E-state index contributed by atoms with van der Waals surface area (Å²) in [6, 6.07) is 10.6. The van der Waals surface area contributed by atoms with Gasteiger partial charge in [0.1, 0.15) is 6.07 Å². The molecule has 0 bridgehead atoms. The number of oxazole rings is 1. The normalized spacial score (nSPS) is 14.4. The molecule has 3 heterocycles. The number of nitriles is 1. The van der Waals surface area contributed by atoms with Gasteiger partial charge in [-0.2, -0.15) is 10.2 Å². The molecule has 0 radical (unpaired) electrons. The van der Waals surface area contributed by atoms with Gasteiger partial charge in [-0.3, -0.25) is 9.69 Å². The second-order valence-corrected chi connectivity index (χ2v) is 7.80. The maximum absolute atomic E-state index is 12.3. The largest absolute Gasteiger partial charge is 0.459 e. The number of nitrogens with zero attached hydrogens (tertiary/aromatic N) is 4. The second-order valence-electron chi connectivity index (χ2n) is 6.99. The minimum atomic E-state index is -0.150. The molecule has 160 valence electrons. The zero-order valence-corrected chi connectivity index (χ0v) is 18.0. The SMILES string of the molecule is N#Cc1nc(-c2ccco2)oc1N1CCN(CCC(=O)Nc2c(Cl)cccc2Cl)CC1. The first-order valence-electron chi connectivity index (χ1n) is 9.71. The Morgan fingerprint density at radius 1 is 1.16 bits per heavy atom. The van der Waals surface area contributed by atoms with Crippen molar-refractivity contribution in [3.63, 3.8) is 0 Å². The number of hydrogen-bond donors (Lipinski definition) is 1. The van der Waals surface area contributed by atoms with Crippen LogP contribution in [0.25, 0.3) is 11.7 Å². The number of aromatic nitrogens is 1. The van der Waals surface area contributed by atoms with E-state index in [0.717, 1.165) is 13.1 Å². The first kappa shape index (κ1) is 21.2. The van der Waals surface area contributed by atoms with Gasteiger partial charge >= 0.3 is 0 Å². The molecular weight excluding hydrogens is 441 g/mol. The van der Waals surface area contributed by atoms with Crippen LogP contribution in [0.3, 0.4) is 0 Å². The van der Waals surface area contributed by atoms with Crippen LogP contribution in [0.15, 0.2) is 45.4 Å². The van der Waals surface area contributed by atoms with Crippen molar-refractivity contribution in [3.05, 3.63) is 52.3 Å². The molecule has 0 saturated carbocycles. The first-order chi connectivity index (χ1) is 15.0. The lowest BCUT2D eigenvalue weighted by Gasteiger charge is -2.34. The van der Waals surface area contributed by atoms with Gasteiger partial charge in [0.25, 0.3) is 5.89 Å². The molecular formula is C21H19Cl2N5O3. The highest BCUT2D eigenvalue weighted by Crippen LogP contribution is 2.30. The van der Waals surface area contributed by atoms with Crippen molar-refractivity contribution in [2.24, 2.45) is 0 Å². The number of hydrogen-bond acceptors (Lipinski definition) is 7. The Bertz CT molecular complexity index is 1080. The van der Waals surface area contributed by atoms with Crippen LogP contribution in [0.2, 0.25) is 10.0 Å². The molecule has 1 N–H and O–H groups in total. The summed E-state index contributed by atoms with van der Waals surface area (Å²) in [5.74, 6) is 1.06. The van der Waals surface area contributed by atoms with Gasteiger partial charge in [0.05, 0.1) is 22.0 Å². The average Bonchev–Trinajstić information content (AvgIpc) is 3.45. The Morgan fingerprint density at radius 2 is 1.90 bits per heavy atom. The van der Waals surface area contributed by atoms with Crippen molar-refractivity contribution in [2.75, 3.05) is 42.9 Å². The summed E-state index contributed by atoms with van der Waals surface area (Å²) < 4.78 is 11.1. The third kappa shape index (κ3) is 4.85. The van der Waals surface area contributed by atoms with E-state index in [1.807, 2.05) is 4.90 Å². The van der Waals surface area contributed by atoms with E-state index >= 15 is 0 Å². The summed E-state index contributed by atoms with van der Waals surface area (Å²) in [5.41, 5.74) is 0.665. The summed E-state index contributed by atoms with van der Waals surface area (Å²) in [6.07, 6.45) is 1.84. The zero-order valence-electron chi connectivity index (χ0n) is 16.5. The van der Waals surface area contributed by atoms with E-state index in [-0.39, 0.29) is 17.5 Å². The molecule has 31 heavy (non-hydrogen) atoms. The van der Waals surface area contributed by atoms with Crippen molar-refractivity contribution in [1.82, 2.24) is 9.88 Å². The van der Waals surface area contributed by atoms with Crippen LogP contribution in [0.1, 0.15) is 12.1 Å². The van der Waals surface area contributed by atoms with Gasteiger partial charge in [-0.25, -0.2) is 0 Å². The summed E-state index contributed by atoms with van der Waals surface area (Å²) in [4.78, 5) is 20.7. The van der Waals surface area contributed by atoms with Crippen LogP contribution in [0.5, 0.6) is 0 Å². The first-order valence-corrected chi connectivity index (χ1v) is 10.5. The predicted octanol–water partition coefficient (Wildman–Crippen LogP) is 4.26. The van der Waals surface area contributed by atoms with E-state index in [0.29, 0.717) is 53.4 Å². The maximum Gasteiger partial charge on any atom is 0.266 e. The highest BCUT2D eigenvalue weighted by Gasteiger charge is 2.25. The lowest BCUT2D eigenvalue weighted by molar-refractivity contribution is -0.116. The van der Waals surface area contributed by atoms with Gasteiger partial charge in [0.2, 0.25) is 17.5 Å². The fourth-order valence-electron chi connectivity index (χ4n) is 3.36. The fourth-order valence-corrected chi connectivity index (χ4v) is 3.85. The Kier molecular flexibility index (Phi) is 6.47. The molecule has 2 aromatic heterocycles. The van der Waals surface area contributed by atoms with Crippen LogP contribution in [-0.4, -0.2) is 48.5 Å². The van der Waals surface area contributed by atoms with Gasteiger partial charge < -0.3 is 19.1 Å². The maximum atomic E-state index is 12.3. The van der Waals surface area contributed by atoms with Crippen LogP contribution < -0.4 is 10.2 Å². The van der Waals surface area contributed by atoms with Crippen LogP contribution in [-0.2, 0) is 4.79 Å². The van der Waals surface area contributed by atoms with E-state index in [1.165, 1.54) is 6.26 Å². The number of para-hydroxylation sites is 1. The number of halogens is 2. The Balaban J connectivity index is 1.30. The van der Waals surface area contributed by atoms with E-state index in [9.17, 15) is 10.1 Å². The van der Waals surface area contributed by atoms with Crippen molar-refractivity contribution in [1.29, 1.82) is 5.26 Å². The van der Waals surface area contributed by atoms with Crippen molar-refractivity contribution in [2.45, 2.75) is 6.42 Å². The third-order valence-electron chi connectivity index (χ3n) is 4.99. The zero-order chi connectivity index (χ0) is 21.8. The summed E-state index contributed by atoms with van der Waals surface area (Å²) >= 11 is 12.2. The minimum absolute atomic E-state index is 0.150. The van der Waals surface area contributed by atoms with Gasteiger partial charge in [0, 0.05) is 39.1 Å². The second kappa shape index (κ2) is 9.43. The Morgan fingerprint density at radius 3 is 2.55 bits per heavy atom. The van der Waals surface area contributed by atoms with E-state index in [1.54, 1.807) is 30.3 Å². The molecule has 1 fully saturated rings. The summed E-state index contributed by atoms with van der Waals surface area (Å²) in [6.45, 7) is 3.35. The number of amides is 1. The molecule has 0 aliphatic carbocycles. The molecule has 1 aromatic carbocycles. The molecule has 10 heteroatoms. The average molecular weight is 460 g/mol. The summed E-state index contributed by atoms with van der Waals surface area (Å²) in [5, 5.41) is 13.0. The number of piperazine rings is 1. The van der Waals surface area contributed by atoms with E-state index in [2.05, 4.69) is 21.3 Å². The number of benzene rings is 1. The number of rotatable bonds is 6. The lowest BCUT2D eigenvalue weighted by Crippen LogP contribution is -2.47.